The summed E-state index contributed by atoms with van der Waals surface area (Å²) >= 11 is 0. The van der Waals surface area contributed by atoms with Gasteiger partial charge in [0.25, 0.3) is 0 Å². The molecule has 1 aromatic heterocycles. The van der Waals surface area contributed by atoms with Crippen molar-refractivity contribution in [3.8, 4) is 11.5 Å². The molecule has 4 rings (SSSR count). The van der Waals surface area contributed by atoms with E-state index in [0.717, 1.165) is 48.6 Å². The lowest BCUT2D eigenvalue weighted by atomic mass is 9.92. The molecule has 2 aliphatic rings. The van der Waals surface area contributed by atoms with E-state index in [9.17, 15) is 0 Å². The first-order valence-electron chi connectivity index (χ1n) is 10.2. The smallest absolute Gasteiger partial charge is 0.227 e. The average molecular weight is 386 g/mol. The maximum absolute atomic E-state index is 5.52. The summed E-state index contributed by atoms with van der Waals surface area (Å²) in [5.74, 6) is 3.06. The van der Waals surface area contributed by atoms with Gasteiger partial charge in [0.15, 0.2) is 11.5 Å². The quantitative estimate of drug-likeness (QED) is 0.819. The number of piperidine rings is 1. The van der Waals surface area contributed by atoms with Crippen molar-refractivity contribution in [1.82, 2.24) is 14.9 Å². The highest BCUT2D eigenvalue weighted by molar-refractivity contribution is 5.93. The van der Waals surface area contributed by atoms with Gasteiger partial charge in [-0.3, -0.25) is 0 Å². The summed E-state index contributed by atoms with van der Waals surface area (Å²) < 4.78 is 11.0. The molecule has 7 nitrogen and oxygen atoms in total. The van der Waals surface area contributed by atoms with Gasteiger partial charge in [-0.2, -0.15) is 4.98 Å². The van der Waals surface area contributed by atoms with E-state index < -0.39 is 0 Å². The van der Waals surface area contributed by atoms with Crippen molar-refractivity contribution >= 4 is 22.7 Å². The molecule has 2 fully saturated rings. The number of nitrogens with zero attached hydrogens (tertiary/aromatic N) is 4. The van der Waals surface area contributed by atoms with Crippen LogP contribution in [0.5, 0.6) is 11.5 Å². The number of likely N-dealkylation sites (tertiary alicyclic amines) is 1. The van der Waals surface area contributed by atoms with Crippen molar-refractivity contribution in [2.45, 2.75) is 44.2 Å². The lowest BCUT2D eigenvalue weighted by Gasteiger charge is -2.35. The molecule has 7 heteroatoms. The number of ether oxygens (including phenoxy) is 2. The Balaban J connectivity index is 1.74. The van der Waals surface area contributed by atoms with Gasteiger partial charge in [-0.1, -0.05) is 0 Å². The van der Waals surface area contributed by atoms with Crippen molar-refractivity contribution in [2.75, 3.05) is 51.6 Å². The Kier molecular flexibility index (Phi) is 5.44. The fraction of sp³-hybridized carbons (Fsp3) is 0.619. The molecule has 1 saturated heterocycles. The second-order valence-corrected chi connectivity index (χ2v) is 8.01. The van der Waals surface area contributed by atoms with Gasteiger partial charge in [0.1, 0.15) is 5.82 Å². The molecule has 2 aromatic rings. The summed E-state index contributed by atoms with van der Waals surface area (Å²) in [7, 11) is 7.60. The van der Waals surface area contributed by atoms with Crippen LogP contribution >= 0.6 is 0 Å². The van der Waals surface area contributed by atoms with Crippen LogP contribution in [-0.4, -0.2) is 68.4 Å². The van der Waals surface area contributed by atoms with Crippen LogP contribution in [0.1, 0.15) is 32.1 Å². The number of aromatic nitrogens is 2. The summed E-state index contributed by atoms with van der Waals surface area (Å²) in [5.41, 5.74) is 0.879. The number of fused-ring (bicyclic) bond motifs is 1. The third-order valence-corrected chi connectivity index (χ3v) is 6.19. The highest BCUT2D eigenvalue weighted by Gasteiger charge is 2.26. The van der Waals surface area contributed by atoms with Gasteiger partial charge >= 0.3 is 0 Å². The Morgan fingerprint density at radius 3 is 2.32 bits per heavy atom. The molecule has 0 unspecified atom stereocenters. The molecule has 1 aromatic carbocycles. The molecule has 0 amide bonds. The summed E-state index contributed by atoms with van der Waals surface area (Å²) in [5, 5.41) is 4.68. The SMILES string of the molecule is COc1cc2nc(N(C)C3CCC3)nc(NC3CCN(C)CC3)c2cc1OC. The minimum absolute atomic E-state index is 0.421. The van der Waals surface area contributed by atoms with Gasteiger partial charge in [-0.25, -0.2) is 4.98 Å². The molecule has 152 valence electrons. The monoisotopic (exact) mass is 385 g/mol. The first kappa shape index (κ1) is 19.1. The lowest BCUT2D eigenvalue weighted by Crippen LogP contribution is -2.39. The van der Waals surface area contributed by atoms with Crippen LogP contribution in [0.25, 0.3) is 10.9 Å². The van der Waals surface area contributed by atoms with E-state index in [-0.39, 0.29) is 0 Å². The van der Waals surface area contributed by atoms with Gasteiger partial charge in [-0.15, -0.1) is 0 Å². The van der Waals surface area contributed by atoms with Crippen LogP contribution in [-0.2, 0) is 0 Å². The molecule has 1 aliphatic heterocycles. The minimum Gasteiger partial charge on any atom is -0.493 e. The largest absolute Gasteiger partial charge is 0.493 e. The number of nitrogens with one attached hydrogen (secondary N) is 1. The number of hydrogen-bond donors (Lipinski definition) is 1. The Bertz CT molecular complexity index is 831. The second-order valence-electron chi connectivity index (χ2n) is 8.01. The normalized spacial score (nSPS) is 18.7. The van der Waals surface area contributed by atoms with E-state index in [2.05, 4.69) is 29.2 Å². The number of anilines is 2. The van der Waals surface area contributed by atoms with Gasteiger partial charge in [-0.05, 0) is 58.3 Å². The summed E-state index contributed by atoms with van der Waals surface area (Å²) in [6.45, 7) is 2.21. The summed E-state index contributed by atoms with van der Waals surface area (Å²) in [6.07, 6.45) is 5.93. The van der Waals surface area contributed by atoms with Gasteiger partial charge in [0.05, 0.1) is 19.7 Å². The fourth-order valence-corrected chi connectivity index (χ4v) is 3.99. The van der Waals surface area contributed by atoms with E-state index in [4.69, 9.17) is 19.4 Å². The van der Waals surface area contributed by atoms with E-state index in [1.807, 2.05) is 12.1 Å². The van der Waals surface area contributed by atoms with Gasteiger partial charge < -0.3 is 24.6 Å². The Labute approximate surface area is 167 Å². The minimum atomic E-state index is 0.421. The molecule has 0 spiro atoms. The number of benzene rings is 1. The number of rotatable bonds is 6. The highest BCUT2D eigenvalue weighted by atomic mass is 16.5. The maximum atomic E-state index is 5.52. The number of methoxy groups -OCH3 is 2. The Morgan fingerprint density at radius 1 is 1.04 bits per heavy atom. The summed E-state index contributed by atoms with van der Waals surface area (Å²) in [4.78, 5) is 14.4. The molecule has 0 radical (unpaired) electrons. The van der Waals surface area contributed by atoms with Crippen LogP contribution in [0, 0.1) is 0 Å². The van der Waals surface area contributed by atoms with Crippen LogP contribution in [0.15, 0.2) is 12.1 Å². The third kappa shape index (κ3) is 3.68. The predicted molar refractivity (Wildman–Crippen MR) is 113 cm³/mol. The van der Waals surface area contributed by atoms with Crippen molar-refractivity contribution in [3.63, 3.8) is 0 Å². The van der Waals surface area contributed by atoms with E-state index in [1.165, 1.54) is 19.3 Å². The van der Waals surface area contributed by atoms with E-state index >= 15 is 0 Å². The van der Waals surface area contributed by atoms with Crippen molar-refractivity contribution in [2.24, 2.45) is 0 Å². The molecule has 28 heavy (non-hydrogen) atoms. The predicted octanol–water partition coefficient (Wildman–Crippen LogP) is 3.14. The van der Waals surface area contributed by atoms with E-state index in [0.29, 0.717) is 23.6 Å². The fourth-order valence-electron chi connectivity index (χ4n) is 3.99. The van der Waals surface area contributed by atoms with Crippen LogP contribution in [0.2, 0.25) is 0 Å². The van der Waals surface area contributed by atoms with Crippen molar-refractivity contribution < 1.29 is 9.47 Å². The zero-order valence-electron chi connectivity index (χ0n) is 17.4. The topological polar surface area (TPSA) is 62.8 Å². The first-order valence-corrected chi connectivity index (χ1v) is 10.2. The zero-order chi connectivity index (χ0) is 19.7. The standard InChI is InChI=1S/C21H31N5O2/c1-25-10-8-14(9-11-25)22-20-16-12-18(27-3)19(28-4)13-17(16)23-21(24-20)26(2)15-6-5-7-15/h12-15H,5-11H2,1-4H3,(H,22,23,24). The van der Waals surface area contributed by atoms with E-state index in [1.54, 1.807) is 14.2 Å². The van der Waals surface area contributed by atoms with Crippen LogP contribution in [0.4, 0.5) is 11.8 Å². The average Bonchev–Trinajstić information content (AvgIpc) is 2.67. The molecule has 2 heterocycles. The lowest BCUT2D eigenvalue weighted by molar-refractivity contribution is 0.263. The molecule has 0 atom stereocenters. The first-order chi connectivity index (χ1) is 13.6. The Hall–Kier alpha value is -2.28. The van der Waals surface area contributed by atoms with Gasteiger partial charge in [0.2, 0.25) is 5.95 Å². The molecule has 1 aliphatic carbocycles. The third-order valence-electron chi connectivity index (χ3n) is 6.19. The summed E-state index contributed by atoms with van der Waals surface area (Å²) in [6, 6.07) is 4.89. The zero-order valence-corrected chi connectivity index (χ0v) is 17.4. The molecule has 1 saturated carbocycles. The number of hydrogen-bond acceptors (Lipinski definition) is 7. The van der Waals surface area contributed by atoms with Gasteiger partial charge in [0, 0.05) is 30.6 Å². The van der Waals surface area contributed by atoms with Crippen LogP contribution in [0.3, 0.4) is 0 Å². The molecular weight excluding hydrogens is 354 g/mol. The maximum Gasteiger partial charge on any atom is 0.227 e. The Morgan fingerprint density at radius 2 is 1.71 bits per heavy atom. The second kappa shape index (κ2) is 7.99. The van der Waals surface area contributed by atoms with Crippen molar-refractivity contribution in [1.29, 1.82) is 0 Å². The van der Waals surface area contributed by atoms with Crippen molar-refractivity contribution in [3.05, 3.63) is 12.1 Å². The van der Waals surface area contributed by atoms with Crippen LogP contribution < -0.4 is 19.7 Å². The molecule has 1 N–H and O–H groups in total. The molecular formula is C21H31N5O2. The molecule has 0 bridgehead atoms. The highest BCUT2D eigenvalue weighted by Crippen LogP contribution is 2.36.